The number of amides is 1. The van der Waals surface area contributed by atoms with Crippen molar-refractivity contribution in [1.82, 2.24) is 4.90 Å². The zero-order valence-electron chi connectivity index (χ0n) is 15.8. The van der Waals surface area contributed by atoms with Crippen LogP contribution in [0.25, 0.3) is 0 Å². The molecular weight excluding hydrogens is 358 g/mol. The summed E-state index contributed by atoms with van der Waals surface area (Å²) in [6.07, 6.45) is 1.20. The van der Waals surface area contributed by atoms with Gasteiger partial charge in [0.05, 0.1) is 25.4 Å². The highest BCUT2D eigenvalue weighted by Gasteiger charge is 2.38. The molecule has 0 radical (unpaired) electrons. The summed E-state index contributed by atoms with van der Waals surface area (Å²) in [4.78, 5) is 14.1. The van der Waals surface area contributed by atoms with Crippen LogP contribution in [0.3, 0.4) is 0 Å². The summed E-state index contributed by atoms with van der Waals surface area (Å²) in [6, 6.07) is 18.5. The van der Waals surface area contributed by atoms with E-state index in [2.05, 4.69) is 0 Å². The first kappa shape index (κ1) is 20.1. The SMILES string of the molecule is CO[C@H]1C=C[C@@H](O)[C@@H](COCc2ccccc2)N1C(=O)OCc1ccccc1. The van der Waals surface area contributed by atoms with E-state index in [0.29, 0.717) is 6.61 Å². The molecule has 1 aliphatic heterocycles. The van der Waals surface area contributed by atoms with E-state index in [1.54, 1.807) is 12.2 Å². The number of carbonyl (C=O) groups excluding carboxylic acids is 1. The Labute approximate surface area is 164 Å². The molecule has 3 rings (SSSR count). The van der Waals surface area contributed by atoms with E-state index in [-0.39, 0.29) is 13.2 Å². The molecule has 0 saturated heterocycles. The highest BCUT2D eigenvalue weighted by atomic mass is 16.6. The number of nitrogens with zero attached hydrogens (tertiary/aromatic N) is 1. The first-order chi connectivity index (χ1) is 13.7. The largest absolute Gasteiger partial charge is 0.444 e. The predicted octanol–water partition coefficient (Wildman–Crippen LogP) is 3.11. The van der Waals surface area contributed by atoms with Gasteiger partial charge >= 0.3 is 6.09 Å². The van der Waals surface area contributed by atoms with Gasteiger partial charge in [-0.15, -0.1) is 0 Å². The van der Waals surface area contributed by atoms with Crippen LogP contribution in [0.4, 0.5) is 4.79 Å². The number of aliphatic hydroxyl groups excluding tert-OH is 1. The van der Waals surface area contributed by atoms with Crippen molar-refractivity contribution in [2.45, 2.75) is 31.6 Å². The Morgan fingerprint density at radius 2 is 1.57 bits per heavy atom. The molecule has 6 nitrogen and oxygen atoms in total. The summed E-state index contributed by atoms with van der Waals surface area (Å²) in [5.41, 5.74) is 1.90. The summed E-state index contributed by atoms with van der Waals surface area (Å²) >= 11 is 0. The molecule has 0 aliphatic carbocycles. The van der Waals surface area contributed by atoms with Gasteiger partial charge < -0.3 is 19.3 Å². The maximum atomic E-state index is 12.8. The van der Waals surface area contributed by atoms with E-state index in [1.165, 1.54) is 12.0 Å². The molecule has 28 heavy (non-hydrogen) atoms. The molecular formula is C22H25NO5. The van der Waals surface area contributed by atoms with Crippen molar-refractivity contribution in [3.05, 3.63) is 83.9 Å². The Hall–Kier alpha value is -2.67. The molecule has 148 valence electrons. The van der Waals surface area contributed by atoms with Gasteiger partial charge in [0.1, 0.15) is 6.61 Å². The van der Waals surface area contributed by atoms with Crippen LogP contribution in [0, 0.1) is 0 Å². The molecule has 2 aromatic carbocycles. The molecule has 0 spiro atoms. The van der Waals surface area contributed by atoms with Crippen LogP contribution in [0.5, 0.6) is 0 Å². The summed E-state index contributed by atoms with van der Waals surface area (Å²) in [6.45, 7) is 0.684. The van der Waals surface area contributed by atoms with Gasteiger partial charge in [0.25, 0.3) is 0 Å². The molecule has 0 bridgehead atoms. The first-order valence-corrected chi connectivity index (χ1v) is 9.19. The van der Waals surface area contributed by atoms with Crippen molar-refractivity contribution in [3.8, 4) is 0 Å². The van der Waals surface area contributed by atoms with Crippen LogP contribution in [0.1, 0.15) is 11.1 Å². The first-order valence-electron chi connectivity index (χ1n) is 9.19. The van der Waals surface area contributed by atoms with Crippen molar-refractivity contribution in [1.29, 1.82) is 0 Å². The third kappa shape index (κ3) is 5.19. The van der Waals surface area contributed by atoms with Crippen LogP contribution < -0.4 is 0 Å². The third-order valence-electron chi connectivity index (χ3n) is 4.56. The van der Waals surface area contributed by atoms with Crippen LogP contribution in [0.15, 0.2) is 72.8 Å². The van der Waals surface area contributed by atoms with Crippen LogP contribution in [-0.2, 0) is 27.4 Å². The lowest BCUT2D eigenvalue weighted by Gasteiger charge is -2.39. The van der Waals surface area contributed by atoms with Gasteiger partial charge in [-0.05, 0) is 17.2 Å². The van der Waals surface area contributed by atoms with Gasteiger partial charge in [0.2, 0.25) is 0 Å². The van der Waals surface area contributed by atoms with Gasteiger partial charge in [-0.3, -0.25) is 4.90 Å². The Kier molecular flexibility index (Phi) is 7.19. The average Bonchev–Trinajstić information content (AvgIpc) is 2.74. The van der Waals surface area contributed by atoms with Crippen molar-refractivity contribution < 1.29 is 24.1 Å². The summed E-state index contributed by atoms with van der Waals surface area (Å²) < 4.78 is 16.6. The van der Waals surface area contributed by atoms with Crippen molar-refractivity contribution >= 4 is 6.09 Å². The van der Waals surface area contributed by atoms with E-state index < -0.39 is 24.5 Å². The fourth-order valence-electron chi connectivity index (χ4n) is 3.06. The zero-order valence-corrected chi connectivity index (χ0v) is 15.8. The van der Waals surface area contributed by atoms with Crippen molar-refractivity contribution in [3.63, 3.8) is 0 Å². The molecule has 1 aliphatic rings. The second-order valence-corrected chi connectivity index (χ2v) is 6.52. The Morgan fingerprint density at radius 1 is 0.964 bits per heavy atom. The Morgan fingerprint density at radius 3 is 2.18 bits per heavy atom. The summed E-state index contributed by atoms with van der Waals surface area (Å²) in [5.74, 6) is 0. The summed E-state index contributed by atoms with van der Waals surface area (Å²) in [7, 11) is 1.51. The van der Waals surface area contributed by atoms with Crippen molar-refractivity contribution in [2.24, 2.45) is 0 Å². The molecule has 2 aromatic rings. The Bertz CT molecular complexity index is 765. The third-order valence-corrected chi connectivity index (χ3v) is 4.56. The van der Waals surface area contributed by atoms with E-state index in [1.807, 2.05) is 60.7 Å². The van der Waals surface area contributed by atoms with E-state index in [4.69, 9.17) is 14.2 Å². The molecule has 3 atom stereocenters. The zero-order chi connectivity index (χ0) is 19.8. The lowest BCUT2D eigenvalue weighted by atomic mass is 10.1. The maximum Gasteiger partial charge on any atom is 0.412 e. The molecule has 0 fully saturated rings. The number of rotatable bonds is 7. The smallest absolute Gasteiger partial charge is 0.412 e. The molecule has 1 heterocycles. The molecule has 6 heteroatoms. The predicted molar refractivity (Wildman–Crippen MR) is 104 cm³/mol. The molecule has 0 unspecified atom stereocenters. The molecule has 1 amide bonds. The number of benzene rings is 2. The standard InChI is InChI=1S/C22H25NO5/c1-26-21-13-12-20(24)19(16-27-14-17-8-4-2-5-9-17)23(21)22(25)28-15-18-10-6-3-7-11-18/h2-13,19-21,24H,14-16H2,1H3/t19-,20-,21+/m1/s1. The monoisotopic (exact) mass is 383 g/mol. The normalized spacial score (nSPS) is 21.5. The number of hydrogen-bond donors (Lipinski definition) is 1. The van der Waals surface area contributed by atoms with Crippen LogP contribution in [-0.4, -0.2) is 48.2 Å². The van der Waals surface area contributed by atoms with Gasteiger partial charge in [-0.25, -0.2) is 4.79 Å². The number of aliphatic hydroxyl groups is 1. The van der Waals surface area contributed by atoms with Gasteiger partial charge in [-0.1, -0.05) is 66.7 Å². The quantitative estimate of drug-likeness (QED) is 0.744. The minimum atomic E-state index is -0.869. The van der Waals surface area contributed by atoms with Gasteiger partial charge in [-0.2, -0.15) is 0 Å². The fraction of sp³-hybridized carbons (Fsp3) is 0.318. The average molecular weight is 383 g/mol. The second-order valence-electron chi connectivity index (χ2n) is 6.52. The van der Waals surface area contributed by atoms with E-state index in [0.717, 1.165) is 11.1 Å². The topological polar surface area (TPSA) is 68.2 Å². The molecule has 0 aromatic heterocycles. The van der Waals surface area contributed by atoms with Crippen molar-refractivity contribution in [2.75, 3.05) is 13.7 Å². The minimum absolute atomic E-state index is 0.143. The molecule has 1 N–H and O–H groups in total. The number of methoxy groups -OCH3 is 1. The number of hydrogen-bond acceptors (Lipinski definition) is 5. The fourth-order valence-corrected chi connectivity index (χ4v) is 3.06. The summed E-state index contributed by atoms with van der Waals surface area (Å²) in [5, 5.41) is 10.4. The maximum absolute atomic E-state index is 12.8. The Balaban J connectivity index is 1.64. The van der Waals surface area contributed by atoms with E-state index in [9.17, 15) is 9.90 Å². The minimum Gasteiger partial charge on any atom is -0.444 e. The lowest BCUT2D eigenvalue weighted by molar-refractivity contribution is -0.0773. The van der Waals surface area contributed by atoms with Crippen LogP contribution in [0.2, 0.25) is 0 Å². The highest BCUT2D eigenvalue weighted by Crippen LogP contribution is 2.21. The van der Waals surface area contributed by atoms with Crippen LogP contribution >= 0.6 is 0 Å². The number of carbonyl (C=O) groups is 1. The highest BCUT2D eigenvalue weighted by molar-refractivity contribution is 5.69. The van der Waals surface area contributed by atoms with E-state index >= 15 is 0 Å². The lowest BCUT2D eigenvalue weighted by Crippen LogP contribution is -2.56. The molecule has 0 saturated carbocycles. The van der Waals surface area contributed by atoms with Gasteiger partial charge in [0, 0.05) is 7.11 Å². The van der Waals surface area contributed by atoms with Gasteiger partial charge in [0.15, 0.2) is 6.23 Å². The number of ether oxygens (including phenoxy) is 3. The second kappa shape index (κ2) is 10.0.